The number of nitrogens with zero attached hydrogens (tertiary/aromatic N) is 4. The average Bonchev–Trinajstić information content (AvgIpc) is 2.98. The molecule has 1 heterocycles. The van der Waals surface area contributed by atoms with E-state index in [1.807, 2.05) is 6.92 Å². The molecule has 1 aromatic heterocycles. The van der Waals surface area contributed by atoms with Crippen LogP contribution in [-0.4, -0.2) is 32.9 Å². The zero-order chi connectivity index (χ0) is 13.4. The molecule has 18 heavy (non-hydrogen) atoms. The highest BCUT2D eigenvalue weighted by Gasteiger charge is 2.66. The molecule has 8 heteroatoms. The first-order valence-electron chi connectivity index (χ1n) is 6.01. The Bertz CT molecular complexity index is 410. The van der Waals surface area contributed by atoms with Crippen molar-refractivity contribution in [3.63, 3.8) is 0 Å². The van der Waals surface area contributed by atoms with E-state index in [1.54, 1.807) is 6.92 Å². The molecule has 0 radical (unpaired) electrons. The first-order valence-corrected chi connectivity index (χ1v) is 6.01. The molecule has 1 atom stereocenters. The van der Waals surface area contributed by atoms with Gasteiger partial charge in [-0.15, -0.1) is 5.10 Å². The molecule has 2 rings (SSSR count). The minimum absolute atomic E-state index is 0.0506. The van der Waals surface area contributed by atoms with Crippen LogP contribution in [0.1, 0.15) is 45.0 Å². The van der Waals surface area contributed by atoms with Crippen LogP contribution < -0.4 is 5.32 Å². The van der Waals surface area contributed by atoms with Gasteiger partial charge in [0.1, 0.15) is 0 Å². The van der Waals surface area contributed by atoms with Crippen LogP contribution in [0.15, 0.2) is 0 Å². The molecule has 1 unspecified atom stereocenters. The third-order valence-electron chi connectivity index (χ3n) is 3.24. The van der Waals surface area contributed by atoms with Gasteiger partial charge in [0.05, 0.1) is 6.04 Å². The van der Waals surface area contributed by atoms with Crippen LogP contribution >= 0.6 is 0 Å². The number of rotatable bonds is 5. The average molecular weight is 263 g/mol. The van der Waals surface area contributed by atoms with Gasteiger partial charge >= 0.3 is 6.18 Å². The lowest BCUT2D eigenvalue weighted by Gasteiger charge is -2.22. The maximum atomic E-state index is 13.0. The van der Waals surface area contributed by atoms with Gasteiger partial charge in [0.2, 0.25) is 0 Å². The fourth-order valence-corrected chi connectivity index (χ4v) is 1.95. The van der Waals surface area contributed by atoms with E-state index < -0.39 is 11.7 Å². The smallest absolute Gasteiger partial charge is 0.307 e. The van der Waals surface area contributed by atoms with Crippen molar-refractivity contribution in [3.05, 3.63) is 5.82 Å². The standard InChI is InChI=1S/C10H16F3N5/c1-3-6-14-7(2)8-15-16-17-18(8)9(4-5-9)10(11,12)13/h7,14H,3-6H2,1-2H3. The first-order chi connectivity index (χ1) is 8.42. The number of nitrogens with one attached hydrogen (secondary N) is 1. The molecule has 0 aromatic carbocycles. The minimum atomic E-state index is -4.30. The Morgan fingerprint density at radius 3 is 2.61 bits per heavy atom. The van der Waals surface area contributed by atoms with Crippen LogP contribution in [0.25, 0.3) is 0 Å². The van der Waals surface area contributed by atoms with E-state index in [-0.39, 0.29) is 24.7 Å². The summed E-state index contributed by atoms with van der Waals surface area (Å²) in [5.74, 6) is 0.248. The van der Waals surface area contributed by atoms with Crippen LogP contribution in [0.2, 0.25) is 0 Å². The van der Waals surface area contributed by atoms with Crippen LogP contribution in [0.3, 0.4) is 0 Å². The SMILES string of the molecule is CCCNC(C)c1nnnn1C1(C(F)(F)F)CC1. The zero-order valence-electron chi connectivity index (χ0n) is 10.3. The molecule has 1 aromatic rings. The zero-order valence-corrected chi connectivity index (χ0v) is 10.3. The maximum Gasteiger partial charge on any atom is 0.413 e. The summed E-state index contributed by atoms with van der Waals surface area (Å²) in [5.41, 5.74) is -1.88. The molecule has 0 bridgehead atoms. The summed E-state index contributed by atoms with van der Waals surface area (Å²) >= 11 is 0. The lowest BCUT2D eigenvalue weighted by Crippen LogP contribution is -2.38. The van der Waals surface area contributed by atoms with Crippen molar-refractivity contribution in [2.75, 3.05) is 6.54 Å². The quantitative estimate of drug-likeness (QED) is 0.880. The fraction of sp³-hybridized carbons (Fsp3) is 0.900. The first kappa shape index (κ1) is 13.3. The number of aromatic nitrogens is 4. The monoisotopic (exact) mass is 263 g/mol. The van der Waals surface area contributed by atoms with Crippen LogP contribution in [0.4, 0.5) is 13.2 Å². The molecule has 0 aliphatic heterocycles. The van der Waals surface area contributed by atoms with Gasteiger partial charge in [-0.05, 0) is 43.2 Å². The summed E-state index contributed by atoms with van der Waals surface area (Å²) in [6, 6.07) is -0.292. The number of alkyl halides is 3. The topological polar surface area (TPSA) is 55.6 Å². The van der Waals surface area contributed by atoms with Crippen molar-refractivity contribution in [2.24, 2.45) is 0 Å². The third-order valence-corrected chi connectivity index (χ3v) is 3.24. The largest absolute Gasteiger partial charge is 0.413 e. The highest BCUT2D eigenvalue weighted by atomic mass is 19.4. The molecule has 1 saturated carbocycles. The molecule has 0 spiro atoms. The number of halogens is 3. The molecule has 5 nitrogen and oxygen atoms in total. The van der Waals surface area contributed by atoms with E-state index >= 15 is 0 Å². The van der Waals surface area contributed by atoms with Crippen LogP contribution in [0, 0.1) is 0 Å². The maximum absolute atomic E-state index is 13.0. The number of tetrazole rings is 1. The van der Waals surface area contributed by atoms with Crippen molar-refractivity contribution in [2.45, 2.75) is 50.9 Å². The number of hydrogen-bond donors (Lipinski definition) is 1. The van der Waals surface area contributed by atoms with E-state index in [0.29, 0.717) is 6.54 Å². The molecular formula is C10H16F3N5. The van der Waals surface area contributed by atoms with E-state index in [1.165, 1.54) is 0 Å². The molecule has 1 fully saturated rings. The van der Waals surface area contributed by atoms with Crippen molar-refractivity contribution < 1.29 is 13.2 Å². The summed E-state index contributed by atoms with van der Waals surface area (Å²) in [6.45, 7) is 4.47. The molecule has 1 aliphatic rings. The molecular weight excluding hydrogens is 247 g/mol. The van der Waals surface area contributed by atoms with Crippen LogP contribution in [-0.2, 0) is 5.54 Å². The molecule has 1 aliphatic carbocycles. The Morgan fingerprint density at radius 2 is 2.11 bits per heavy atom. The van der Waals surface area contributed by atoms with Gasteiger partial charge in [-0.2, -0.15) is 13.2 Å². The number of hydrogen-bond acceptors (Lipinski definition) is 4. The summed E-state index contributed by atoms with van der Waals surface area (Å²) in [4.78, 5) is 0. The third kappa shape index (κ3) is 2.09. The second kappa shape index (κ2) is 4.49. The Balaban J connectivity index is 2.23. The summed E-state index contributed by atoms with van der Waals surface area (Å²) < 4.78 is 40.0. The second-order valence-electron chi connectivity index (χ2n) is 4.65. The van der Waals surface area contributed by atoms with Gasteiger partial charge in [-0.3, -0.25) is 0 Å². The molecule has 0 amide bonds. The van der Waals surface area contributed by atoms with E-state index in [2.05, 4.69) is 20.8 Å². The Kier molecular flexibility index (Phi) is 3.31. The summed E-state index contributed by atoms with van der Waals surface area (Å²) in [7, 11) is 0. The van der Waals surface area contributed by atoms with Gasteiger partial charge < -0.3 is 5.32 Å². The van der Waals surface area contributed by atoms with Crippen molar-refractivity contribution in [3.8, 4) is 0 Å². The molecule has 0 saturated heterocycles. The normalized spacial score (nSPS) is 19.8. The van der Waals surface area contributed by atoms with Gasteiger partial charge in [0.15, 0.2) is 11.4 Å². The van der Waals surface area contributed by atoms with Crippen molar-refractivity contribution in [1.29, 1.82) is 0 Å². The highest BCUT2D eigenvalue weighted by Crippen LogP contribution is 2.55. The minimum Gasteiger partial charge on any atom is -0.307 e. The highest BCUT2D eigenvalue weighted by molar-refractivity contribution is 5.09. The Labute approximate surface area is 103 Å². The molecule has 102 valence electrons. The van der Waals surface area contributed by atoms with Crippen molar-refractivity contribution in [1.82, 2.24) is 25.5 Å². The summed E-state index contributed by atoms with van der Waals surface area (Å²) in [6.07, 6.45) is -3.30. The fourth-order valence-electron chi connectivity index (χ4n) is 1.95. The summed E-state index contributed by atoms with van der Waals surface area (Å²) in [5, 5.41) is 13.8. The van der Waals surface area contributed by atoms with Gasteiger partial charge in [0.25, 0.3) is 0 Å². The predicted octanol–water partition coefficient (Wildman–Crippen LogP) is 1.79. The van der Waals surface area contributed by atoms with Crippen LogP contribution in [0.5, 0.6) is 0 Å². The van der Waals surface area contributed by atoms with Gasteiger partial charge in [0, 0.05) is 0 Å². The van der Waals surface area contributed by atoms with Gasteiger partial charge in [-0.25, -0.2) is 4.68 Å². The van der Waals surface area contributed by atoms with Gasteiger partial charge in [-0.1, -0.05) is 6.92 Å². The van der Waals surface area contributed by atoms with Crippen molar-refractivity contribution >= 4 is 0 Å². The lowest BCUT2D eigenvalue weighted by atomic mass is 10.2. The van der Waals surface area contributed by atoms with E-state index in [0.717, 1.165) is 11.1 Å². The molecule has 1 N–H and O–H groups in total. The lowest BCUT2D eigenvalue weighted by molar-refractivity contribution is -0.183. The predicted molar refractivity (Wildman–Crippen MR) is 57.8 cm³/mol. The Morgan fingerprint density at radius 1 is 1.44 bits per heavy atom. The van der Waals surface area contributed by atoms with E-state index in [4.69, 9.17) is 0 Å². The van der Waals surface area contributed by atoms with E-state index in [9.17, 15) is 13.2 Å². The Hall–Kier alpha value is -1.18. The second-order valence-corrected chi connectivity index (χ2v) is 4.65.